The summed E-state index contributed by atoms with van der Waals surface area (Å²) in [4.78, 5) is 4.85. The SMILES string of the molecule is Cc1ccc(N=C2C=C(Nc3ccc(C)cc3)c3ccccc32)cc1. The summed E-state index contributed by atoms with van der Waals surface area (Å²) in [7, 11) is 0. The molecule has 0 saturated carbocycles. The zero-order valence-corrected chi connectivity index (χ0v) is 14.5. The molecule has 2 nitrogen and oxygen atoms in total. The van der Waals surface area contributed by atoms with E-state index in [0.29, 0.717) is 0 Å². The molecule has 4 rings (SSSR count). The number of aryl methyl sites for hydroxylation is 2. The van der Waals surface area contributed by atoms with E-state index in [1.54, 1.807) is 0 Å². The van der Waals surface area contributed by atoms with E-state index in [2.05, 4.69) is 98.0 Å². The molecule has 0 spiro atoms. The largest absolute Gasteiger partial charge is 0.355 e. The summed E-state index contributed by atoms with van der Waals surface area (Å²) in [6.45, 7) is 4.19. The van der Waals surface area contributed by atoms with Gasteiger partial charge in [-0.1, -0.05) is 59.7 Å². The number of nitrogens with one attached hydrogen (secondary N) is 1. The molecular formula is C23H20N2. The molecule has 0 saturated heterocycles. The Hall–Kier alpha value is -3.13. The number of hydrogen-bond acceptors (Lipinski definition) is 2. The zero-order valence-electron chi connectivity index (χ0n) is 14.5. The Morgan fingerprint density at radius 2 is 1.28 bits per heavy atom. The maximum atomic E-state index is 4.85. The van der Waals surface area contributed by atoms with Gasteiger partial charge >= 0.3 is 0 Å². The second kappa shape index (κ2) is 6.40. The van der Waals surface area contributed by atoms with Gasteiger partial charge in [0, 0.05) is 22.5 Å². The van der Waals surface area contributed by atoms with Crippen LogP contribution in [0.3, 0.4) is 0 Å². The highest BCUT2D eigenvalue weighted by Gasteiger charge is 2.19. The van der Waals surface area contributed by atoms with Gasteiger partial charge in [-0.15, -0.1) is 0 Å². The van der Waals surface area contributed by atoms with Crippen LogP contribution in [0.1, 0.15) is 22.3 Å². The summed E-state index contributed by atoms with van der Waals surface area (Å²) in [6, 6.07) is 25.1. The lowest BCUT2D eigenvalue weighted by atomic mass is 10.1. The fraction of sp³-hybridized carbons (Fsp3) is 0.0870. The highest BCUT2D eigenvalue weighted by Crippen LogP contribution is 2.30. The number of fused-ring (bicyclic) bond motifs is 1. The van der Waals surface area contributed by atoms with Gasteiger partial charge in [0.15, 0.2) is 0 Å². The lowest BCUT2D eigenvalue weighted by Crippen LogP contribution is -1.97. The highest BCUT2D eigenvalue weighted by molar-refractivity contribution is 6.21. The molecule has 25 heavy (non-hydrogen) atoms. The van der Waals surface area contributed by atoms with Crippen molar-refractivity contribution in [1.29, 1.82) is 0 Å². The Bertz CT molecular complexity index is 962. The first kappa shape index (κ1) is 15.4. The molecule has 1 aliphatic carbocycles. The van der Waals surface area contributed by atoms with Crippen LogP contribution in [0.5, 0.6) is 0 Å². The Labute approximate surface area is 148 Å². The fourth-order valence-corrected chi connectivity index (χ4v) is 2.98. The molecule has 0 aromatic heterocycles. The normalized spacial score (nSPS) is 14.3. The van der Waals surface area contributed by atoms with Crippen LogP contribution < -0.4 is 5.32 Å². The number of hydrogen-bond donors (Lipinski definition) is 1. The lowest BCUT2D eigenvalue weighted by molar-refractivity contribution is 1.43. The molecule has 122 valence electrons. The minimum atomic E-state index is 0.975. The van der Waals surface area contributed by atoms with Gasteiger partial charge in [0.05, 0.1) is 11.4 Å². The summed E-state index contributed by atoms with van der Waals surface area (Å²) in [5.74, 6) is 0. The smallest absolute Gasteiger partial charge is 0.0736 e. The minimum absolute atomic E-state index is 0.975. The van der Waals surface area contributed by atoms with Crippen molar-refractivity contribution in [2.24, 2.45) is 4.99 Å². The maximum absolute atomic E-state index is 4.85. The van der Waals surface area contributed by atoms with Crippen LogP contribution in [0.2, 0.25) is 0 Å². The van der Waals surface area contributed by atoms with Crippen LogP contribution in [-0.2, 0) is 0 Å². The number of aliphatic imine (C=N–C) groups is 1. The molecule has 0 atom stereocenters. The highest BCUT2D eigenvalue weighted by atomic mass is 14.9. The second-order valence-corrected chi connectivity index (χ2v) is 6.43. The molecule has 1 N–H and O–H groups in total. The second-order valence-electron chi connectivity index (χ2n) is 6.43. The van der Waals surface area contributed by atoms with E-state index in [1.807, 2.05) is 0 Å². The molecule has 3 aromatic carbocycles. The molecule has 0 heterocycles. The van der Waals surface area contributed by atoms with Gasteiger partial charge in [-0.05, 0) is 44.2 Å². The van der Waals surface area contributed by atoms with E-state index in [1.165, 1.54) is 16.7 Å². The molecule has 1 aliphatic rings. The van der Waals surface area contributed by atoms with Gasteiger partial charge in [-0.2, -0.15) is 0 Å². The third-order valence-corrected chi connectivity index (χ3v) is 4.39. The van der Waals surface area contributed by atoms with E-state index in [4.69, 9.17) is 4.99 Å². The first-order valence-corrected chi connectivity index (χ1v) is 8.49. The molecule has 0 unspecified atom stereocenters. The first-order valence-electron chi connectivity index (χ1n) is 8.49. The lowest BCUT2D eigenvalue weighted by Gasteiger charge is -2.09. The van der Waals surface area contributed by atoms with Gasteiger partial charge in [0.2, 0.25) is 0 Å². The topological polar surface area (TPSA) is 24.4 Å². The molecule has 0 radical (unpaired) electrons. The summed E-state index contributed by atoms with van der Waals surface area (Å²) in [5, 5.41) is 3.53. The third kappa shape index (κ3) is 3.24. The fourth-order valence-electron chi connectivity index (χ4n) is 2.98. The molecule has 0 amide bonds. The van der Waals surface area contributed by atoms with Crippen LogP contribution in [0, 0.1) is 13.8 Å². The van der Waals surface area contributed by atoms with Crippen molar-refractivity contribution in [3.8, 4) is 0 Å². The van der Waals surface area contributed by atoms with Gasteiger partial charge < -0.3 is 5.32 Å². The van der Waals surface area contributed by atoms with E-state index in [-0.39, 0.29) is 0 Å². The number of anilines is 1. The van der Waals surface area contributed by atoms with E-state index >= 15 is 0 Å². The average Bonchev–Trinajstić information content (AvgIpc) is 2.97. The van der Waals surface area contributed by atoms with E-state index in [0.717, 1.165) is 28.3 Å². The Morgan fingerprint density at radius 1 is 0.680 bits per heavy atom. The Morgan fingerprint density at radius 3 is 1.96 bits per heavy atom. The predicted octanol–water partition coefficient (Wildman–Crippen LogP) is 5.89. The van der Waals surface area contributed by atoms with Crippen LogP contribution >= 0.6 is 0 Å². The van der Waals surface area contributed by atoms with Gasteiger partial charge in [0.1, 0.15) is 0 Å². The van der Waals surface area contributed by atoms with Crippen molar-refractivity contribution in [2.75, 3.05) is 5.32 Å². The summed E-state index contributed by atoms with van der Waals surface area (Å²) >= 11 is 0. The van der Waals surface area contributed by atoms with Crippen molar-refractivity contribution >= 4 is 22.8 Å². The third-order valence-electron chi connectivity index (χ3n) is 4.39. The average molecular weight is 324 g/mol. The van der Waals surface area contributed by atoms with E-state index < -0.39 is 0 Å². The van der Waals surface area contributed by atoms with Gasteiger partial charge in [0.25, 0.3) is 0 Å². The van der Waals surface area contributed by atoms with Crippen LogP contribution in [0.15, 0.2) is 83.9 Å². The summed E-state index contributed by atoms with van der Waals surface area (Å²) < 4.78 is 0. The minimum Gasteiger partial charge on any atom is -0.355 e. The van der Waals surface area contributed by atoms with Gasteiger partial charge in [-0.3, -0.25) is 0 Å². The van der Waals surface area contributed by atoms with Crippen molar-refractivity contribution in [2.45, 2.75) is 13.8 Å². The standard InChI is InChI=1S/C23H20N2/c1-16-7-11-18(12-8-16)24-22-15-23(21-6-4-3-5-20(21)22)25-19-13-9-17(2)10-14-19/h3-15,24H,1-2H3. The molecule has 0 fully saturated rings. The van der Waals surface area contributed by atoms with Crippen LogP contribution in [-0.4, -0.2) is 5.71 Å². The molecule has 3 aromatic rings. The number of nitrogens with zero attached hydrogens (tertiary/aromatic N) is 1. The number of rotatable bonds is 3. The van der Waals surface area contributed by atoms with Crippen molar-refractivity contribution in [3.63, 3.8) is 0 Å². The summed E-state index contributed by atoms with van der Waals surface area (Å²) in [5.41, 5.74) is 9.00. The van der Waals surface area contributed by atoms with Crippen LogP contribution in [0.4, 0.5) is 11.4 Å². The van der Waals surface area contributed by atoms with Crippen molar-refractivity contribution in [1.82, 2.24) is 0 Å². The number of benzene rings is 3. The molecule has 2 heteroatoms. The zero-order chi connectivity index (χ0) is 17.2. The van der Waals surface area contributed by atoms with Gasteiger partial charge in [-0.25, -0.2) is 4.99 Å². The Kier molecular flexibility index (Phi) is 3.95. The summed E-state index contributed by atoms with van der Waals surface area (Å²) in [6.07, 6.45) is 2.13. The molecular weight excluding hydrogens is 304 g/mol. The molecule has 0 bridgehead atoms. The quantitative estimate of drug-likeness (QED) is 0.638. The first-order chi connectivity index (χ1) is 12.2. The molecule has 0 aliphatic heterocycles. The van der Waals surface area contributed by atoms with Crippen LogP contribution in [0.25, 0.3) is 5.70 Å². The Balaban J connectivity index is 1.71. The number of allylic oxidation sites excluding steroid dienone is 1. The van der Waals surface area contributed by atoms with Crippen molar-refractivity contribution in [3.05, 3.63) is 101 Å². The monoisotopic (exact) mass is 324 g/mol. The van der Waals surface area contributed by atoms with E-state index in [9.17, 15) is 0 Å². The van der Waals surface area contributed by atoms with Crippen molar-refractivity contribution < 1.29 is 0 Å². The predicted molar refractivity (Wildman–Crippen MR) is 107 cm³/mol. The maximum Gasteiger partial charge on any atom is 0.0736 e.